The summed E-state index contributed by atoms with van der Waals surface area (Å²) in [6, 6.07) is 14.8. The fourth-order valence-corrected chi connectivity index (χ4v) is 3.00. The number of ketones is 1. The van der Waals surface area contributed by atoms with Gasteiger partial charge in [-0.2, -0.15) is 0 Å². The van der Waals surface area contributed by atoms with Gasteiger partial charge in [0.25, 0.3) is 0 Å². The number of halogens is 2. The van der Waals surface area contributed by atoms with Crippen LogP contribution in [0.25, 0.3) is 11.3 Å². The number of benzene rings is 2. The topological polar surface area (TPSA) is 51.9 Å². The molecule has 2 aromatic carbocycles. The monoisotopic (exact) mass is 404 g/mol. The molecule has 1 heterocycles. The molecule has 3 aromatic rings. The van der Waals surface area contributed by atoms with Crippen LogP contribution in [0.15, 0.2) is 59.2 Å². The molecule has 3 rings (SSSR count). The summed E-state index contributed by atoms with van der Waals surface area (Å²) in [5.41, 5.74) is 8.67. The average molecular weight is 406 g/mol. The lowest BCUT2D eigenvalue weighted by molar-refractivity contribution is -0.667. The Morgan fingerprint density at radius 1 is 1.25 bits per heavy atom. The third kappa shape index (κ3) is 3.37. The number of anilines is 1. The quantitative estimate of drug-likeness (QED) is 0.529. The van der Waals surface area contributed by atoms with E-state index in [1.807, 2.05) is 54.2 Å². The van der Waals surface area contributed by atoms with Crippen LogP contribution < -0.4 is 10.3 Å². The number of hydrogen-bond donors (Lipinski definition) is 1. The number of nitrogens with zero attached hydrogens (tertiary/aromatic N) is 2. The molecule has 0 radical (unpaired) electrons. The molecule has 1 aromatic heterocycles. The number of hydrogen-bond acceptors (Lipinski definition) is 2. The van der Waals surface area contributed by atoms with Gasteiger partial charge in [-0.3, -0.25) is 10.5 Å². The number of carbonyl (C=O) groups excluding carboxylic acids is 1. The van der Waals surface area contributed by atoms with Crippen molar-refractivity contribution in [2.75, 3.05) is 5.73 Å². The van der Waals surface area contributed by atoms with E-state index in [-0.39, 0.29) is 12.3 Å². The molecule has 0 spiro atoms. The van der Waals surface area contributed by atoms with E-state index in [9.17, 15) is 4.79 Å². The van der Waals surface area contributed by atoms with Crippen molar-refractivity contribution in [3.05, 3.63) is 69.8 Å². The van der Waals surface area contributed by atoms with Crippen LogP contribution in [0.3, 0.4) is 0 Å². The Morgan fingerprint density at radius 2 is 1.96 bits per heavy atom. The highest BCUT2D eigenvalue weighted by Crippen LogP contribution is 2.23. The summed E-state index contributed by atoms with van der Waals surface area (Å²) < 4.78 is 4.54. The second kappa shape index (κ2) is 6.79. The van der Waals surface area contributed by atoms with Crippen LogP contribution in [-0.2, 0) is 13.6 Å². The molecule has 0 aliphatic heterocycles. The van der Waals surface area contributed by atoms with Crippen molar-refractivity contribution in [2.45, 2.75) is 6.54 Å². The number of nitrogen functional groups attached to an aromatic ring is 1. The Hall–Kier alpha value is -2.11. The molecule has 4 nitrogen and oxygen atoms in total. The SMILES string of the molecule is Cn1c(-c2cccc(Cl)c2)c[n+](CC(=O)c2ccc(Br)cc2)c1N. The van der Waals surface area contributed by atoms with Crippen LogP contribution in [0.2, 0.25) is 5.02 Å². The van der Waals surface area contributed by atoms with Crippen LogP contribution in [0.1, 0.15) is 10.4 Å². The van der Waals surface area contributed by atoms with E-state index >= 15 is 0 Å². The van der Waals surface area contributed by atoms with Crippen molar-refractivity contribution in [1.29, 1.82) is 0 Å². The molecular formula is C18H16BrClN3O+. The van der Waals surface area contributed by atoms with E-state index in [0.29, 0.717) is 16.5 Å². The summed E-state index contributed by atoms with van der Waals surface area (Å²) in [4.78, 5) is 12.5. The Balaban J connectivity index is 1.91. The second-order valence-corrected chi connectivity index (χ2v) is 6.85. The van der Waals surface area contributed by atoms with E-state index in [1.54, 1.807) is 16.7 Å². The van der Waals surface area contributed by atoms with Crippen LogP contribution in [0, 0.1) is 0 Å². The molecular weight excluding hydrogens is 390 g/mol. The van der Waals surface area contributed by atoms with Crippen molar-refractivity contribution in [3.63, 3.8) is 0 Å². The fourth-order valence-electron chi connectivity index (χ4n) is 2.54. The van der Waals surface area contributed by atoms with E-state index in [1.165, 1.54) is 0 Å². The van der Waals surface area contributed by atoms with E-state index in [4.69, 9.17) is 17.3 Å². The number of aromatic nitrogens is 2. The predicted octanol–water partition coefficient (Wildman–Crippen LogP) is 3.86. The highest BCUT2D eigenvalue weighted by molar-refractivity contribution is 9.10. The van der Waals surface area contributed by atoms with Gasteiger partial charge in [0.05, 0.1) is 7.05 Å². The van der Waals surface area contributed by atoms with Gasteiger partial charge in [0.2, 0.25) is 0 Å². The lowest BCUT2D eigenvalue weighted by Crippen LogP contribution is -2.39. The molecule has 6 heteroatoms. The van der Waals surface area contributed by atoms with Crippen LogP contribution in [0.4, 0.5) is 5.95 Å². The van der Waals surface area contributed by atoms with Gasteiger partial charge < -0.3 is 0 Å². The molecule has 0 saturated carbocycles. The Morgan fingerprint density at radius 3 is 2.62 bits per heavy atom. The molecule has 2 N–H and O–H groups in total. The zero-order valence-corrected chi connectivity index (χ0v) is 15.4. The fraction of sp³-hybridized carbons (Fsp3) is 0.111. The first-order valence-electron chi connectivity index (χ1n) is 7.35. The van der Waals surface area contributed by atoms with Crippen molar-refractivity contribution >= 4 is 39.3 Å². The Kier molecular flexibility index (Phi) is 4.73. The smallest absolute Gasteiger partial charge is 0.291 e. The number of carbonyl (C=O) groups is 1. The molecule has 0 aliphatic carbocycles. The Bertz CT molecular complexity index is 903. The summed E-state index contributed by atoms with van der Waals surface area (Å²) in [7, 11) is 1.87. The number of imidazole rings is 1. The van der Waals surface area contributed by atoms with Gasteiger partial charge >= 0.3 is 5.95 Å². The van der Waals surface area contributed by atoms with E-state index in [0.717, 1.165) is 15.7 Å². The van der Waals surface area contributed by atoms with Gasteiger partial charge in [-0.15, -0.1) is 0 Å². The molecule has 0 saturated heterocycles. The van der Waals surface area contributed by atoms with E-state index in [2.05, 4.69) is 15.9 Å². The minimum absolute atomic E-state index is 0.00226. The first kappa shape index (κ1) is 16.7. The predicted molar refractivity (Wildman–Crippen MR) is 98.9 cm³/mol. The Labute approximate surface area is 153 Å². The summed E-state index contributed by atoms with van der Waals surface area (Å²) in [6.45, 7) is 0.182. The maximum atomic E-state index is 12.5. The zero-order valence-electron chi connectivity index (χ0n) is 13.0. The number of Topliss-reactive ketones (excluding diaryl/α,β-unsaturated/α-hetero) is 1. The molecule has 0 amide bonds. The molecule has 122 valence electrons. The molecule has 0 unspecified atom stereocenters. The normalized spacial score (nSPS) is 10.8. The second-order valence-electron chi connectivity index (χ2n) is 5.50. The first-order chi connectivity index (χ1) is 11.5. The third-order valence-electron chi connectivity index (χ3n) is 3.88. The third-order valence-corrected chi connectivity index (χ3v) is 4.64. The lowest BCUT2D eigenvalue weighted by Gasteiger charge is -2.00. The van der Waals surface area contributed by atoms with Crippen molar-refractivity contribution in [3.8, 4) is 11.3 Å². The summed E-state index contributed by atoms with van der Waals surface area (Å²) >= 11 is 9.43. The summed E-state index contributed by atoms with van der Waals surface area (Å²) in [6.07, 6.45) is 1.87. The van der Waals surface area contributed by atoms with Gasteiger partial charge in [-0.05, 0) is 24.3 Å². The maximum Gasteiger partial charge on any atom is 0.355 e. The average Bonchev–Trinajstić information content (AvgIpc) is 2.84. The lowest BCUT2D eigenvalue weighted by atomic mass is 10.1. The zero-order chi connectivity index (χ0) is 17.3. The molecule has 0 aliphatic rings. The highest BCUT2D eigenvalue weighted by atomic mass is 79.9. The van der Waals surface area contributed by atoms with Crippen LogP contribution in [-0.4, -0.2) is 10.4 Å². The molecule has 0 bridgehead atoms. The van der Waals surface area contributed by atoms with Crippen LogP contribution >= 0.6 is 27.5 Å². The van der Waals surface area contributed by atoms with Gasteiger partial charge in [0.15, 0.2) is 5.78 Å². The van der Waals surface area contributed by atoms with Gasteiger partial charge in [0.1, 0.15) is 18.4 Å². The maximum absolute atomic E-state index is 12.5. The van der Waals surface area contributed by atoms with Crippen LogP contribution in [0.5, 0.6) is 0 Å². The summed E-state index contributed by atoms with van der Waals surface area (Å²) in [5.74, 6) is 0.512. The minimum Gasteiger partial charge on any atom is -0.291 e. The molecule has 0 fully saturated rings. The van der Waals surface area contributed by atoms with E-state index < -0.39 is 0 Å². The molecule has 0 atom stereocenters. The minimum atomic E-state index is 0.00226. The van der Waals surface area contributed by atoms with Crippen molar-refractivity contribution < 1.29 is 9.36 Å². The van der Waals surface area contributed by atoms with Gasteiger partial charge in [-0.1, -0.05) is 51.8 Å². The number of nitrogens with two attached hydrogens (primary N) is 1. The summed E-state index contributed by atoms with van der Waals surface area (Å²) in [5, 5.41) is 0.657. The standard InChI is InChI=1S/C18H15BrClN3O/c1-22-16(13-3-2-4-15(20)9-13)10-23(18(22)21)11-17(24)12-5-7-14(19)8-6-12/h2-10,21H,11H2,1H3/p+1. The highest BCUT2D eigenvalue weighted by Gasteiger charge is 2.20. The van der Waals surface area contributed by atoms with Crippen molar-refractivity contribution in [2.24, 2.45) is 7.05 Å². The van der Waals surface area contributed by atoms with Crippen molar-refractivity contribution in [1.82, 2.24) is 4.57 Å². The largest absolute Gasteiger partial charge is 0.355 e. The first-order valence-corrected chi connectivity index (χ1v) is 8.52. The van der Waals surface area contributed by atoms with Gasteiger partial charge in [-0.25, -0.2) is 9.13 Å². The number of rotatable bonds is 4. The van der Waals surface area contributed by atoms with Gasteiger partial charge in [0, 0.05) is 20.6 Å². The molecule has 24 heavy (non-hydrogen) atoms.